The van der Waals surface area contributed by atoms with Crippen molar-refractivity contribution in [2.24, 2.45) is 0 Å². The molecule has 9 heteroatoms. The fraction of sp³-hybridized carbons (Fsp3) is 0.300. The SMILES string of the molecule is CO[N+]1=C(NCc2ccccc2)C(Nc2cccc(C(=O)N(C)C)c2O)N(C)O1. The van der Waals surface area contributed by atoms with Crippen molar-refractivity contribution >= 4 is 17.4 Å². The zero-order valence-electron chi connectivity index (χ0n) is 16.9. The number of benzene rings is 2. The second kappa shape index (κ2) is 8.70. The van der Waals surface area contributed by atoms with E-state index in [9.17, 15) is 9.90 Å². The summed E-state index contributed by atoms with van der Waals surface area (Å²) in [5.41, 5.74) is 1.70. The number of aromatic hydroxyl groups is 1. The molecule has 0 bridgehead atoms. The maximum atomic E-state index is 12.3. The Balaban J connectivity index is 1.84. The Morgan fingerprint density at radius 2 is 1.97 bits per heavy atom. The Morgan fingerprint density at radius 1 is 1.24 bits per heavy atom. The summed E-state index contributed by atoms with van der Waals surface area (Å²) in [5.74, 6) is 0.188. The lowest BCUT2D eigenvalue weighted by Gasteiger charge is -2.19. The summed E-state index contributed by atoms with van der Waals surface area (Å²) in [6.45, 7) is 0.552. The van der Waals surface area contributed by atoms with Crippen LogP contribution in [0.4, 0.5) is 5.69 Å². The number of hydroxylamine groups is 2. The van der Waals surface area contributed by atoms with Gasteiger partial charge in [0.15, 0.2) is 5.75 Å². The molecule has 0 saturated carbocycles. The van der Waals surface area contributed by atoms with Gasteiger partial charge in [0.2, 0.25) is 6.17 Å². The second-order valence-corrected chi connectivity index (χ2v) is 6.74. The number of anilines is 1. The predicted molar refractivity (Wildman–Crippen MR) is 108 cm³/mol. The zero-order valence-corrected chi connectivity index (χ0v) is 16.9. The lowest BCUT2D eigenvalue weighted by Crippen LogP contribution is -2.45. The van der Waals surface area contributed by atoms with Crippen molar-refractivity contribution in [1.82, 2.24) is 15.3 Å². The van der Waals surface area contributed by atoms with Crippen molar-refractivity contribution in [1.29, 1.82) is 0 Å². The Labute approximate surface area is 169 Å². The molecule has 1 amide bonds. The summed E-state index contributed by atoms with van der Waals surface area (Å²) in [6, 6.07) is 14.9. The predicted octanol–water partition coefficient (Wildman–Crippen LogP) is 1.39. The highest BCUT2D eigenvalue weighted by molar-refractivity contribution is 5.98. The number of phenols is 1. The lowest BCUT2D eigenvalue weighted by molar-refractivity contribution is -0.983. The largest absolute Gasteiger partial charge is 0.505 e. The Kier molecular flexibility index (Phi) is 6.08. The molecule has 0 aromatic heterocycles. The number of hydrogen-bond acceptors (Lipinski definition) is 7. The monoisotopic (exact) mass is 400 g/mol. The smallest absolute Gasteiger partial charge is 0.375 e. The first-order valence-electron chi connectivity index (χ1n) is 9.12. The number of likely N-dealkylation sites (N-methyl/N-ethyl adjacent to an activating group) is 1. The molecule has 9 nitrogen and oxygen atoms in total. The summed E-state index contributed by atoms with van der Waals surface area (Å²) in [5, 5.41) is 18.7. The van der Waals surface area contributed by atoms with E-state index >= 15 is 0 Å². The van der Waals surface area contributed by atoms with Crippen LogP contribution in [0.25, 0.3) is 0 Å². The molecular formula is C20H26N5O4+. The van der Waals surface area contributed by atoms with Crippen LogP contribution in [0.2, 0.25) is 0 Å². The minimum absolute atomic E-state index is 0.127. The van der Waals surface area contributed by atoms with E-state index in [1.165, 1.54) is 22.0 Å². The van der Waals surface area contributed by atoms with Gasteiger partial charge in [0, 0.05) is 21.1 Å². The fourth-order valence-corrected chi connectivity index (χ4v) is 2.94. The van der Waals surface area contributed by atoms with E-state index in [0.717, 1.165) is 5.56 Å². The Hall–Kier alpha value is -3.46. The molecule has 3 rings (SSSR count). The standard InChI is InChI=1S/C20H25N5O4/c1-23(2)20(27)15-11-8-12-16(17(15)26)22-19-18(25(28-4)29-24(19)3)21-13-14-9-6-5-7-10-14/h5-12,19,22H,13H2,1-4H3,(H,26,27)/p+1. The third kappa shape index (κ3) is 4.35. The molecule has 1 heterocycles. The highest BCUT2D eigenvalue weighted by Crippen LogP contribution is 2.29. The van der Waals surface area contributed by atoms with Crippen molar-refractivity contribution in [2.45, 2.75) is 12.7 Å². The van der Waals surface area contributed by atoms with Gasteiger partial charge in [-0.05, 0) is 17.7 Å². The van der Waals surface area contributed by atoms with Crippen molar-refractivity contribution in [3.8, 4) is 5.75 Å². The van der Waals surface area contributed by atoms with Crippen LogP contribution < -0.4 is 10.6 Å². The van der Waals surface area contributed by atoms with Gasteiger partial charge in [0.05, 0.1) is 11.3 Å². The molecule has 1 unspecified atom stereocenters. The maximum absolute atomic E-state index is 12.3. The van der Waals surface area contributed by atoms with Crippen molar-refractivity contribution < 1.29 is 24.6 Å². The number of hydrogen-bond donors (Lipinski definition) is 3. The number of amides is 1. The van der Waals surface area contributed by atoms with E-state index < -0.39 is 6.17 Å². The summed E-state index contributed by atoms with van der Waals surface area (Å²) < 4.78 is 0. The van der Waals surface area contributed by atoms with Gasteiger partial charge >= 0.3 is 5.84 Å². The minimum atomic E-state index is -0.491. The van der Waals surface area contributed by atoms with Crippen molar-refractivity contribution in [3.05, 3.63) is 59.7 Å². The highest BCUT2D eigenvalue weighted by atomic mass is 17.0. The highest BCUT2D eigenvalue weighted by Gasteiger charge is 2.42. The van der Waals surface area contributed by atoms with Crippen LogP contribution >= 0.6 is 0 Å². The van der Waals surface area contributed by atoms with Gasteiger partial charge in [-0.15, -0.1) is 0 Å². The first-order chi connectivity index (χ1) is 13.9. The first-order valence-corrected chi connectivity index (χ1v) is 9.12. The lowest BCUT2D eigenvalue weighted by atomic mass is 10.1. The molecule has 0 spiro atoms. The molecule has 0 radical (unpaired) electrons. The van der Waals surface area contributed by atoms with Crippen LogP contribution in [0.15, 0.2) is 48.5 Å². The third-order valence-electron chi connectivity index (χ3n) is 4.47. The summed E-state index contributed by atoms with van der Waals surface area (Å²) in [4.78, 5) is 25.8. The number of carbonyl (C=O) groups excluding carboxylic acids is 1. The van der Waals surface area contributed by atoms with Crippen LogP contribution in [0.5, 0.6) is 5.75 Å². The number of carbonyl (C=O) groups is 1. The average molecular weight is 400 g/mol. The molecule has 29 heavy (non-hydrogen) atoms. The van der Waals surface area contributed by atoms with Crippen molar-refractivity contribution in [2.75, 3.05) is 33.6 Å². The molecule has 0 aliphatic carbocycles. The van der Waals surface area contributed by atoms with E-state index in [4.69, 9.17) is 9.78 Å². The molecule has 0 fully saturated rings. The van der Waals surface area contributed by atoms with Crippen LogP contribution in [-0.4, -0.2) is 66.1 Å². The zero-order chi connectivity index (χ0) is 21.0. The Morgan fingerprint density at radius 3 is 2.62 bits per heavy atom. The topological polar surface area (TPSA) is 89.3 Å². The third-order valence-corrected chi connectivity index (χ3v) is 4.47. The second-order valence-electron chi connectivity index (χ2n) is 6.74. The number of amidine groups is 1. The van der Waals surface area contributed by atoms with Gasteiger partial charge in [-0.1, -0.05) is 41.5 Å². The molecule has 1 aliphatic rings. The normalized spacial score (nSPS) is 16.3. The average Bonchev–Trinajstić information content (AvgIpc) is 3.02. The van der Waals surface area contributed by atoms with Gasteiger partial charge in [-0.25, -0.2) is 0 Å². The van der Waals surface area contributed by atoms with Crippen LogP contribution in [0.1, 0.15) is 15.9 Å². The maximum Gasteiger partial charge on any atom is 0.375 e. The summed E-state index contributed by atoms with van der Waals surface area (Å²) >= 11 is 0. The minimum Gasteiger partial charge on any atom is -0.505 e. The van der Waals surface area contributed by atoms with Crippen LogP contribution in [-0.2, 0) is 16.3 Å². The molecule has 1 aliphatic heterocycles. The molecular weight excluding hydrogens is 374 g/mol. The van der Waals surface area contributed by atoms with Gasteiger partial charge in [-0.3, -0.25) is 10.1 Å². The molecule has 3 N–H and O–H groups in total. The van der Waals surface area contributed by atoms with E-state index in [2.05, 4.69) is 10.6 Å². The Bertz CT molecular complexity index is 901. The molecule has 1 atom stereocenters. The summed E-state index contributed by atoms with van der Waals surface area (Å²) in [7, 11) is 6.49. The number of rotatable bonds is 6. The summed E-state index contributed by atoms with van der Waals surface area (Å²) in [6.07, 6.45) is -0.491. The van der Waals surface area contributed by atoms with Gasteiger partial charge in [-0.2, -0.15) is 4.94 Å². The van der Waals surface area contributed by atoms with Crippen LogP contribution in [0.3, 0.4) is 0 Å². The quantitative estimate of drug-likeness (QED) is 0.632. The van der Waals surface area contributed by atoms with Crippen molar-refractivity contribution in [3.63, 3.8) is 0 Å². The fourth-order valence-electron chi connectivity index (χ4n) is 2.94. The molecule has 154 valence electrons. The molecule has 0 saturated heterocycles. The van der Waals surface area contributed by atoms with E-state index in [1.54, 1.807) is 39.3 Å². The van der Waals surface area contributed by atoms with E-state index in [1.807, 2.05) is 30.3 Å². The number of phenolic OH excluding ortho intramolecular Hbond substituents is 1. The van der Waals surface area contributed by atoms with E-state index in [-0.39, 0.29) is 17.2 Å². The van der Waals surface area contributed by atoms with E-state index in [0.29, 0.717) is 18.1 Å². The van der Waals surface area contributed by atoms with Gasteiger partial charge in [0.25, 0.3) is 5.91 Å². The molecule has 2 aromatic carbocycles. The van der Waals surface area contributed by atoms with Gasteiger partial charge in [0.1, 0.15) is 18.6 Å². The number of nitrogens with one attached hydrogen (secondary N) is 2. The number of para-hydroxylation sites is 1. The van der Waals surface area contributed by atoms with Gasteiger partial charge < -0.3 is 20.2 Å². The van der Waals surface area contributed by atoms with Crippen LogP contribution in [0, 0.1) is 0 Å². The first kappa shape index (κ1) is 20.3. The number of nitrogens with zero attached hydrogens (tertiary/aromatic N) is 3. The molecule has 2 aromatic rings.